The molecule has 104 valence electrons. The Balaban J connectivity index is 2.20. The molecule has 2 aromatic rings. The lowest BCUT2D eigenvalue weighted by Crippen LogP contribution is -2.21. The fourth-order valence-electron chi connectivity index (χ4n) is 1.82. The van der Waals surface area contributed by atoms with Crippen LogP contribution in [0.4, 0.5) is 17.3 Å². The van der Waals surface area contributed by atoms with E-state index in [4.69, 9.17) is 0 Å². The molecule has 0 fully saturated rings. The summed E-state index contributed by atoms with van der Waals surface area (Å²) in [6, 6.07) is 7.03. The van der Waals surface area contributed by atoms with Crippen molar-refractivity contribution in [2.45, 2.75) is 13.8 Å². The van der Waals surface area contributed by atoms with Gasteiger partial charge in [0.15, 0.2) is 0 Å². The highest BCUT2D eigenvalue weighted by atomic mass is 16.3. The topological polar surface area (TPSA) is 74.0 Å². The number of azo groups is 1. The molecule has 6 heteroatoms. The fraction of sp³-hybridized carbons (Fsp3) is 0.286. The van der Waals surface area contributed by atoms with E-state index in [2.05, 4.69) is 38.9 Å². The minimum Gasteiger partial charge on any atom is -0.506 e. The number of hydrogen-bond acceptors (Lipinski definition) is 6. The van der Waals surface area contributed by atoms with E-state index in [-0.39, 0.29) is 11.7 Å². The SMILES string of the molecule is CCN(CC)c1ccc(N=Nc2ncccn2)c(O)c1. The molecular formula is C14H17N5O. The molecule has 0 aliphatic heterocycles. The van der Waals surface area contributed by atoms with Gasteiger partial charge in [0.1, 0.15) is 11.4 Å². The minimum atomic E-state index is 0.0917. The van der Waals surface area contributed by atoms with Crippen molar-refractivity contribution in [2.24, 2.45) is 10.2 Å². The van der Waals surface area contributed by atoms with Crippen LogP contribution in [0, 0.1) is 0 Å². The van der Waals surface area contributed by atoms with Crippen LogP contribution in [0.1, 0.15) is 13.8 Å². The Hall–Kier alpha value is -2.50. The van der Waals surface area contributed by atoms with E-state index in [0.717, 1.165) is 18.8 Å². The number of nitrogens with zero attached hydrogens (tertiary/aromatic N) is 5. The third-order valence-corrected chi connectivity index (χ3v) is 2.89. The molecule has 1 aromatic heterocycles. The summed E-state index contributed by atoms with van der Waals surface area (Å²) in [5, 5.41) is 17.8. The second kappa shape index (κ2) is 6.60. The van der Waals surface area contributed by atoms with Crippen LogP contribution in [-0.4, -0.2) is 28.2 Å². The molecule has 0 saturated carbocycles. The first-order chi connectivity index (χ1) is 9.74. The molecule has 1 heterocycles. The highest BCUT2D eigenvalue weighted by molar-refractivity contribution is 5.61. The summed E-state index contributed by atoms with van der Waals surface area (Å²) in [5.41, 5.74) is 1.36. The lowest BCUT2D eigenvalue weighted by atomic mass is 10.2. The number of hydrogen-bond donors (Lipinski definition) is 1. The van der Waals surface area contributed by atoms with Crippen LogP contribution in [-0.2, 0) is 0 Å². The monoisotopic (exact) mass is 271 g/mol. The van der Waals surface area contributed by atoms with Gasteiger partial charge in [-0.15, -0.1) is 10.2 Å². The van der Waals surface area contributed by atoms with Gasteiger partial charge in [0.05, 0.1) is 0 Å². The Kier molecular flexibility index (Phi) is 4.60. The predicted molar refractivity (Wildman–Crippen MR) is 77.9 cm³/mol. The van der Waals surface area contributed by atoms with Gasteiger partial charge in [0.2, 0.25) is 0 Å². The summed E-state index contributed by atoms with van der Waals surface area (Å²) in [5.74, 6) is 0.355. The van der Waals surface area contributed by atoms with Crippen molar-refractivity contribution in [3.8, 4) is 5.75 Å². The molecule has 6 nitrogen and oxygen atoms in total. The number of phenolic OH excluding ortho intramolecular Hbond substituents is 1. The Morgan fingerprint density at radius 1 is 1.10 bits per heavy atom. The lowest BCUT2D eigenvalue weighted by Gasteiger charge is -2.21. The van der Waals surface area contributed by atoms with Crippen LogP contribution in [0.15, 0.2) is 46.9 Å². The molecule has 0 radical (unpaired) electrons. The van der Waals surface area contributed by atoms with Crippen LogP contribution < -0.4 is 4.90 Å². The average molecular weight is 271 g/mol. The Labute approximate surface area is 117 Å². The molecule has 0 saturated heterocycles. The number of phenols is 1. The van der Waals surface area contributed by atoms with Crippen LogP contribution in [0.5, 0.6) is 5.75 Å². The molecule has 0 aliphatic carbocycles. The highest BCUT2D eigenvalue weighted by Crippen LogP contribution is 2.31. The van der Waals surface area contributed by atoms with E-state index in [0.29, 0.717) is 5.69 Å². The average Bonchev–Trinajstić information content (AvgIpc) is 2.49. The Morgan fingerprint density at radius 2 is 1.80 bits per heavy atom. The van der Waals surface area contributed by atoms with Crippen molar-refractivity contribution >= 4 is 17.3 Å². The normalized spacial score (nSPS) is 10.9. The number of aromatic hydroxyl groups is 1. The molecule has 20 heavy (non-hydrogen) atoms. The summed E-state index contributed by atoms with van der Waals surface area (Å²) in [6.07, 6.45) is 3.18. The van der Waals surface area contributed by atoms with Crippen molar-refractivity contribution in [2.75, 3.05) is 18.0 Å². The summed E-state index contributed by atoms with van der Waals surface area (Å²) >= 11 is 0. The van der Waals surface area contributed by atoms with Crippen LogP contribution in [0.25, 0.3) is 0 Å². The van der Waals surface area contributed by atoms with Gasteiger partial charge in [-0.3, -0.25) is 0 Å². The van der Waals surface area contributed by atoms with Crippen LogP contribution in [0.3, 0.4) is 0 Å². The van der Waals surface area contributed by atoms with Crippen molar-refractivity contribution in [1.29, 1.82) is 0 Å². The first-order valence-electron chi connectivity index (χ1n) is 6.51. The van der Waals surface area contributed by atoms with Crippen molar-refractivity contribution in [3.05, 3.63) is 36.7 Å². The molecule has 2 rings (SSSR count). The predicted octanol–water partition coefficient (Wildman–Crippen LogP) is 3.44. The van der Waals surface area contributed by atoms with E-state index < -0.39 is 0 Å². The van der Waals surface area contributed by atoms with Gasteiger partial charge in [0, 0.05) is 37.2 Å². The zero-order valence-electron chi connectivity index (χ0n) is 11.6. The van der Waals surface area contributed by atoms with Gasteiger partial charge in [-0.2, -0.15) is 0 Å². The maximum Gasteiger partial charge on any atom is 0.268 e. The standard InChI is InChI=1S/C14H17N5O/c1-3-19(4-2)11-6-7-12(13(20)10-11)17-18-14-15-8-5-9-16-14/h5-10,20H,3-4H2,1-2H3. The van der Waals surface area contributed by atoms with Crippen molar-refractivity contribution in [3.63, 3.8) is 0 Å². The first kappa shape index (κ1) is 13.9. The molecule has 0 aliphatic rings. The van der Waals surface area contributed by atoms with Crippen LogP contribution in [0.2, 0.25) is 0 Å². The van der Waals surface area contributed by atoms with E-state index in [1.54, 1.807) is 30.6 Å². The second-order valence-corrected chi connectivity index (χ2v) is 4.09. The molecule has 1 N–H and O–H groups in total. The molecular weight excluding hydrogens is 254 g/mol. The first-order valence-corrected chi connectivity index (χ1v) is 6.51. The van der Waals surface area contributed by atoms with Crippen molar-refractivity contribution in [1.82, 2.24) is 9.97 Å². The number of rotatable bonds is 5. The maximum absolute atomic E-state index is 9.99. The van der Waals surface area contributed by atoms with Crippen LogP contribution >= 0.6 is 0 Å². The highest BCUT2D eigenvalue weighted by Gasteiger charge is 2.06. The smallest absolute Gasteiger partial charge is 0.268 e. The van der Waals surface area contributed by atoms with E-state index >= 15 is 0 Å². The number of anilines is 1. The lowest BCUT2D eigenvalue weighted by molar-refractivity contribution is 0.476. The zero-order valence-corrected chi connectivity index (χ0v) is 11.6. The molecule has 0 unspecified atom stereocenters. The van der Waals surface area contributed by atoms with Gasteiger partial charge in [-0.25, -0.2) is 9.97 Å². The summed E-state index contributed by atoms with van der Waals surface area (Å²) < 4.78 is 0. The van der Waals surface area contributed by atoms with Gasteiger partial charge in [0.25, 0.3) is 5.95 Å². The summed E-state index contributed by atoms with van der Waals surface area (Å²) in [4.78, 5) is 10.0. The third-order valence-electron chi connectivity index (χ3n) is 2.89. The fourth-order valence-corrected chi connectivity index (χ4v) is 1.82. The van der Waals surface area contributed by atoms with Gasteiger partial charge in [-0.1, -0.05) is 0 Å². The molecule has 0 atom stereocenters. The summed E-state index contributed by atoms with van der Waals surface area (Å²) in [7, 11) is 0. The molecule has 0 bridgehead atoms. The molecule has 0 amide bonds. The quantitative estimate of drug-likeness (QED) is 0.845. The largest absolute Gasteiger partial charge is 0.506 e. The van der Waals surface area contributed by atoms with E-state index in [9.17, 15) is 5.11 Å². The number of aromatic nitrogens is 2. The Morgan fingerprint density at radius 3 is 2.40 bits per heavy atom. The zero-order chi connectivity index (χ0) is 14.4. The second-order valence-electron chi connectivity index (χ2n) is 4.09. The minimum absolute atomic E-state index is 0.0917. The van der Waals surface area contributed by atoms with E-state index in [1.165, 1.54) is 0 Å². The van der Waals surface area contributed by atoms with Gasteiger partial charge >= 0.3 is 0 Å². The van der Waals surface area contributed by atoms with Crippen molar-refractivity contribution < 1.29 is 5.11 Å². The molecule has 1 aromatic carbocycles. The third kappa shape index (κ3) is 3.28. The van der Waals surface area contributed by atoms with Gasteiger partial charge < -0.3 is 10.0 Å². The Bertz CT molecular complexity index is 581. The summed E-state index contributed by atoms with van der Waals surface area (Å²) in [6.45, 7) is 5.91. The molecule has 0 spiro atoms. The number of benzene rings is 1. The maximum atomic E-state index is 9.99. The van der Waals surface area contributed by atoms with Gasteiger partial charge in [-0.05, 0) is 32.0 Å². The van der Waals surface area contributed by atoms with E-state index in [1.807, 2.05) is 6.07 Å².